The van der Waals surface area contributed by atoms with Gasteiger partial charge in [0.15, 0.2) is 0 Å². The van der Waals surface area contributed by atoms with Gasteiger partial charge in [-0.15, -0.1) is 0 Å². The highest BCUT2D eigenvalue weighted by Crippen LogP contribution is 2.34. The van der Waals surface area contributed by atoms with Gasteiger partial charge < -0.3 is 5.32 Å². The van der Waals surface area contributed by atoms with Crippen molar-refractivity contribution in [3.05, 3.63) is 72.3 Å². The topological polar surface area (TPSA) is 32.3 Å². The van der Waals surface area contributed by atoms with Crippen LogP contribution in [0, 0.1) is 5.41 Å². The van der Waals surface area contributed by atoms with E-state index < -0.39 is 0 Å². The van der Waals surface area contributed by atoms with Crippen molar-refractivity contribution in [2.75, 3.05) is 4.90 Å². The van der Waals surface area contributed by atoms with Crippen molar-refractivity contribution in [3.8, 4) is 0 Å². The molecule has 2 amide bonds. The number of urea groups is 1. The molecular formula is C23H28N2O. The number of rotatable bonds is 3. The minimum atomic E-state index is -0.0694. The maximum Gasteiger partial charge on any atom is 0.326 e. The molecule has 0 saturated heterocycles. The molecule has 136 valence electrons. The number of anilines is 2. The lowest BCUT2D eigenvalue weighted by Gasteiger charge is -2.35. The molecule has 1 aliphatic carbocycles. The van der Waals surface area contributed by atoms with Gasteiger partial charge in [0.1, 0.15) is 0 Å². The van der Waals surface area contributed by atoms with Crippen molar-refractivity contribution in [2.24, 2.45) is 5.41 Å². The quantitative estimate of drug-likeness (QED) is 0.672. The van der Waals surface area contributed by atoms with Crippen molar-refractivity contribution in [3.63, 3.8) is 0 Å². The van der Waals surface area contributed by atoms with Gasteiger partial charge in [0.05, 0.1) is 11.4 Å². The van der Waals surface area contributed by atoms with Crippen molar-refractivity contribution >= 4 is 17.4 Å². The van der Waals surface area contributed by atoms with Crippen LogP contribution in [0.25, 0.3) is 0 Å². The highest BCUT2D eigenvalue weighted by Gasteiger charge is 2.33. The second-order valence-corrected chi connectivity index (χ2v) is 7.79. The summed E-state index contributed by atoms with van der Waals surface area (Å²) in [5, 5.41) is 3.32. The Morgan fingerprint density at radius 2 is 1.54 bits per heavy atom. The van der Waals surface area contributed by atoms with Crippen LogP contribution in [0.1, 0.15) is 40.0 Å². The molecule has 0 aliphatic heterocycles. The maximum absolute atomic E-state index is 13.3. The number of hydrogen-bond donors (Lipinski definition) is 1. The van der Waals surface area contributed by atoms with Crippen LogP contribution < -0.4 is 10.2 Å². The first-order valence-corrected chi connectivity index (χ1v) is 9.34. The number of carbonyl (C=O) groups is 1. The summed E-state index contributed by atoms with van der Waals surface area (Å²) in [5.74, 6) is 0. The molecule has 26 heavy (non-hydrogen) atoms. The minimum absolute atomic E-state index is 0.0342. The Kier molecular flexibility index (Phi) is 5.46. The van der Waals surface area contributed by atoms with Crippen molar-refractivity contribution in [1.82, 2.24) is 5.32 Å². The third-order valence-electron chi connectivity index (χ3n) is 5.28. The van der Waals surface area contributed by atoms with Gasteiger partial charge in [0, 0.05) is 6.04 Å². The number of allylic oxidation sites excluding steroid dienone is 2. The van der Waals surface area contributed by atoms with E-state index in [0.29, 0.717) is 0 Å². The summed E-state index contributed by atoms with van der Waals surface area (Å²) in [6.45, 7) is 6.66. The first kappa shape index (κ1) is 18.2. The molecular weight excluding hydrogens is 320 g/mol. The van der Waals surface area contributed by atoms with Crippen LogP contribution in [0.4, 0.5) is 16.2 Å². The van der Waals surface area contributed by atoms with E-state index in [1.165, 1.54) is 5.57 Å². The van der Waals surface area contributed by atoms with E-state index in [1.54, 1.807) is 4.90 Å². The van der Waals surface area contributed by atoms with Gasteiger partial charge in [-0.3, -0.25) is 4.90 Å². The molecule has 0 saturated carbocycles. The van der Waals surface area contributed by atoms with Crippen LogP contribution in [-0.2, 0) is 0 Å². The van der Waals surface area contributed by atoms with Crippen molar-refractivity contribution in [1.29, 1.82) is 0 Å². The maximum atomic E-state index is 13.3. The molecule has 3 nitrogen and oxygen atoms in total. The second-order valence-electron chi connectivity index (χ2n) is 7.79. The van der Waals surface area contributed by atoms with Gasteiger partial charge in [-0.05, 0) is 55.9 Å². The summed E-state index contributed by atoms with van der Waals surface area (Å²) in [6, 6.07) is 19.7. The average molecular weight is 348 g/mol. The summed E-state index contributed by atoms with van der Waals surface area (Å²) in [5.41, 5.74) is 3.19. The molecule has 2 aromatic carbocycles. The lowest BCUT2D eigenvalue weighted by molar-refractivity contribution is 0.214. The smallest absolute Gasteiger partial charge is 0.326 e. The van der Waals surface area contributed by atoms with Crippen LogP contribution in [0.2, 0.25) is 0 Å². The number of amides is 2. The van der Waals surface area contributed by atoms with Crippen molar-refractivity contribution < 1.29 is 4.79 Å². The normalized spacial score (nSPS) is 19.2. The highest BCUT2D eigenvalue weighted by atomic mass is 16.2. The molecule has 1 atom stereocenters. The van der Waals surface area contributed by atoms with E-state index in [-0.39, 0.29) is 17.5 Å². The average Bonchev–Trinajstić information content (AvgIpc) is 2.77. The first-order valence-electron chi connectivity index (χ1n) is 9.34. The first-order chi connectivity index (χ1) is 12.5. The molecule has 0 spiro atoms. The molecule has 0 bridgehead atoms. The van der Waals surface area contributed by atoms with Gasteiger partial charge in [0.25, 0.3) is 0 Å². The van der Waals surface area contributed by atoms with Gasteiger partial charge in [-0.25, -0.2) is 4.79 Å². The summed E-state index contributed by atoms with van der Waals surface area (Å²) in [6.07, 6.45) is 5.31. The Balaban J connectivity index is 1.87. The third-order valence-corrected chi connectivity index (χ3v) is 5.28. The van der Waals surface area contributed by atoms with Crippen LogP contribution >= 0.6 is 0 Å². The van der Waals surface area contributed by atoms with Gasteiger partial charge in [0.2, 0.25) is 0 Å². The zero-order valence-electron chi connectivity index (χ0n) is 15.9. The molecule has 0 aromatic heterocycles. The molecule has 0 radical (unpaired) electrons. The van der Waals surface area contributed by atoms with Gasteiger partial charge in [-0.1, -0.05) is 61.9 Å². The fourth-order valence-electron chi connectivity index (χ4n) is 3.46. The molecule has 0 heterocycles. The number of para-hydroxylation sites is 2. The Hall–Kier alpha value is -2.55. The summed E-state index contributed by atoms with van der Waals surface area (Å²) >= 11 is 0. The SMILES string of the molecule is CC1=CCC(C)(C)C(NC(=O)N(c2ccccc2)c2ccccc2)CC1. The van der Waals surface area contributed by atoms with E-state index in [1.807, 2.05) is 60.7 Å². The minimum Gasteiger partial charge on any atom is -0.334 e. The molecule has 3 rings (SSSR count). The molecule has 1 unspecified atom stereocenters. The largest absolute Gasteiger partial charge is 0.334 e. The molecule has 3 heteroatoms. The van der Waals surface area contributed by atoms with E-state index in [2.05, 4.69) is 32.2 Å². The molecule has 1 N–H and O–H groups in total. The summed E-state index contributed by atoms with van der Waals surface area (Å²) in [7, 11) is 0. The van der Waals surface area contributed by atoms with Crippen LogP contribution in [0.5, 0.6) is 0 Å². The zero-order chi connectivity index (χ0) is 18.6. The Bertz CT molecular complexity index is 726. The van der Waals surface area contributed by atoms with E-state index in [9.17, 15) is 4.79 Å². The fourth-order valence-corrected chi connectivity index (χ4v) is 3.46. The van der Waals surface area contributed by atoms with E-state index >= 15 is 0 Å². The number of carbonyl (C=O) groups excluding carboxylic acids is 1. The van der Waals surface area contributed by atoms with Crippen LogP contribution in [-0.4, -0.2) is 12.1 Å². The molecule has 1 aliphatic rings. The Morgan fingerprint density at radius 1 is 1.00 bits per heavy atom. The summed E-state index contributed by atoms with van der Waals surface area (Å²) < 4.78 is 0. The second kappa shape index (κ2) is 7.77. The van der Waals surface area contributed by atoms with E-state index in [4.69, 9.17) is 0 Å². The fraction of sp³-hybridized carbons (Fsp3) is 0.348. The third kappa shape index (κ3) is 4.16. The number of nitrogens with zero attached hydrogens (tertiary/aromatic N) is 1. The predicted octanol–water partition coefficient (Wildman–Crippen LogP) is 6.06. The van der Waals surface area contributed by atoms with Crippen LogP contribution in [0.15, 0.2) is 72.3 Å². The number of benzene rings is 2. The van der Waals surface area contributed by atoms with E-state index in [0.717, 1.165) is 30.6 Å². The Labute approximate surface area is 156 Å². The summed E-state index contributed by atoms with van der Waals surface area (Å²) in [4.78, 5) is 15.1. The van der Waals surface area contributed by atoms with Crippen molar-refractivity contribution in [2.45, 2.75) is 46.1 Å². The number of hydrogen-bond acceptors (Lipinski definition) is 1. The van der Waals surface area contributed by atoms with Gasteiger partial charge >= 0.3 is 6.03 Å². The standard InChI is InChI=1S/C23H28N2O/c1-18-14-15-21(23(2,3)17-16-18)24-22(26)25(19-10-6-4-7-11-19)20-12-8-5-9-13-20/h4-13,16,21H,14-15,17H2,1-3H3,(H,24,26). The monoisotopic (exact) mass is 348 g/mol. The highest BCUT2D eigenvalue weighted by molar-refractivity contribution is 5.99. The lowest BCUT2D eigenvalue weighted by atomic mass is 9.80. The number of nitrogens with one attached hydrogen (secondary N) is 1. The lowest BCUT2D eigenvalue weighted by Crippen LogP contribution is -2.49. The molecule has 2 aromatic rings. The van der Waals surface area contributed by atoms with Crippen LogP contribution in [0.3, 0.4) is 0 Å². The van der Waals surface area contributed by atoms with Gasteiger partial charge in [-0.2, -0.15) is 0 Å². The zero-order valence-corrected chi connectivity index (χ0v) is 15.9. The Morgan fingerprint density at radius 3 is 2.08 bits per heavy atom. The predicted molar refractivity (Wildman–Crippen MR) is 109 cm³/mol. The molecule has 0 fully saturated rings.